The van der Waals surface area contributed by atoms with Crippen molar-refractivity contribution in [2.24, 2.45) is 4.99 Å². The predicted octanol–water partition coefficient (Wildman–Crippen LogP) is 4.75. The Bertz CT molecular complexity index is 882. The summed E-state index contributed by atoms with van der Waals surface area (Å²) in [5, 5.41) is 3.35. The maximum atomic E-state index is 12.2. The zero-order chi connectivity index (χ0) is 18.5. The van der Waals surface area contributed by atoms with Crippen LogP contribution in [0.2, 0.25) is 0 Å². The van der Waals surface area contributed by atoms with E-state index in [4.69, 9.17) is 9.47 Å². The smallest absolute Gasteiger partial charge is 0.264 e. The van der Waals surface area contributed by atoms with Crippen molar-refractivity contribution in [3.63, 3.8) is 0 Å². The van der Waals surface area contributed by atoms with Crippen LogP contribution in [0.4, 0.5) is 5.69 Å². The number of methoxy groups -OCH3 is 1. The van der Waals surface area contributed by atoms with Crippen molar-refractivity contribution in [2.45, 2.75) is 6.92 Å². The number of halogens is 1. The van der Waals surface area contributed by atoms with Crippen LogP contribution in [0.15, 0.2) is 56.8 Å². The molecule has 2 aromatic rings. The molecule has 1 N–H and O–H groups in total. The zero-order valence-electron chi connectivity index (χ0n) is 14.3. The summed E-state index contributed by atoms with van der Waals surface area (Å²) in [6.07, 6.45) is 1.80. The molecular weight excluding hydrogens is 416 g/mol. The Balaban J connectivity index is 1.87. The van der Waals surface area contributed by atoms with Crippen LogP contribution in [0.25, 0.3) is 6.08 Å². The number of hydrogen-bond acceptors (Lipinski definition) is 5. The number of carbonyl (C=O) groups is 1. The number of benzene rings is 2. The molecule has 1 aliphatic heterocycles. The van der Waals surface area contributed by atoms with E-state index >= 15 is 0 Å². The molecule has 1 aliphatic rings. The fourth-order valence-electron chi connectivity index (χ4n) is 2.36. The maximum absolute atomic E-state index is 12.2. The summed E-state index contributed by atoms with van der Waals surface area (Å²) in [6, 6.07) is 13.2. The first-order valence-corrected chi connectivity index (χ1v) is 9.56. The first-order valence-electron chi connectivity index (χ1n) is 7.95. The second kappa shape index (κ2) is 8.42. The van der Waals surface area contributed by atoms with E-state index in [1.165, 1.54) is 11.8 Å². The van der Waals surface area contributed by atoms with E-state index in [0.717, 1.165) is 15.7 Å². The van der Waals surface area contributed by atoms with Gasteiger partial charge in [0.25, 0.3) is 5.91 Å². The molecule has 0 unspecified atom stereocenters. The lowest BCUT2D eigenvalue weighted by molar-refractivity contribution is -0.115. The summed E-state index contributed by atoms with van der Waals surface area (Å²) < 4.78 is 11.8. The van der Waals surface area contributed by atoms with Crippen molar-refractivity contribution < 1.29 is 14.3 Å². The number of nitrogens with one attached hydrogen (secondary N) is 1. The monoisotopic (exact) mass is 432 g/mol. The third kappa shape index (κ3) is 4.28. The lowest BCUT2D eigenvalue weighted by atomic mass is 10.2. The number of nitrogens with zero attached hydrogens (tertiary/aromatic N) is 1. The van der Waals surface area contributed by atoms with Gasteiger partial charge in [-0.1, -0.05) is 18.2 Å². The lowest BCUT2D eigenvalue weighted by Crippen LogP contribution is -2.19. The van der Waals surface area contributed by atoms with Gasteiger partial charge >= 0.3 is 0 Å². The van der Waals surface area contributed by atoms with Crippen LogP contribution >= 0.6 is 27.7 Å². The minimum atomic E-state index is -0.173. The largest absolute Gasteiger partial charge is 0.493 e. The number of para-hydroxylation sites is 1. The van der Waals surface area contributed by atoms with Gasteiger partial charge in [-0.05, 0) is 70.5 Å². The zero-order valence-corrected chi connectivity index (χ0v) is 16.7. The quantitative estimate of drug-likeness (QED) is 0.692. The van der Waals surface area contributed by atoms with Gasteiger partial charge < -0.3 is 14.8 Å². The second-order valence-corrected chi connectivity index (χ2v) is 7.17. The van der Waals surface area contributed by atoms with Gasteiger partial charge in [0, 0.05) is 0 Å². The molecule has 0 aliphatic carbocycles. The number of rotatable bonds is 5. The summed E-state index contributed by atoms with van der Waals surface area (Å²) in [6.45, 7) is 2.45. The molecule has 3 rings (SSSR count). The molecule has 7 heteroatoms. The fourth-order valence-corrected chi connectivity index (χ4v) is 3.78. The van der Waals surface area contributed by atoms with E-state index in [0.29, 0.717) is 28.2 Å². The molecule has 0 saturated carbocycles. The van der Waals surface area contributed by atoms with Crippen molar-refractivity contribution in [1.82, 2.24) is 5.32 Å². The molecule has 26 heavy (non-hydrogen) atoms. The third-order valence-corrected chi connectivity index (χ3v) is 4.97. The van der Waals surface area contributed by atoms with Gasteiger partial charge in [0.15, 0.2) is 16.7 Å². The first-order chi connectivity index (χ1) is 12.6. The third-order valence-electron chi connectivity index (χ3n) is 3.48. The van der Waals surface area contributed by atoms with Crippen molar-refractivity contribution in [1.29, 1.82) is 0 Å². The van der Waals surface area contributed by atoms with Gasteiger partial charge in [0.1, 0.15) is 0 Å². The number of ether oxygens (including phenoxy) is 2. The average molecular weight is 433 g/mol. The van der Waals surface area contributed by atoms with Gasteiger partial charge in [-0.25, -0.2) is 4.99 Å². The van der Waals surface area contributed by atoms with Crippen LogP contribution in [0.3, 0.4) is 0 Å². The Morgan fingerprint density at radius 3 is 2.73 bits per heavy atom. The summed E-state index contributed by atoms with van der Waals surface area (Å²) in [5.41, 5.74) is 1.62. The van der Waals surface area contributed by atoms with Crippen molar-refractivity contribution in [2.75, 3.05) is 13.7 Å². The maximum Gasteiger partial charge on any atom is 0.264 e. The van der Waals surface area contributed by atoms with Crippen molar-refractivity contribution in [3.8, 4) is 11.5 Å². The highest BCUT2D eigenvalue weighted by Crippen LogP contribution is 2.38. The van der Waals surface area contributed by atoms with Gasteiger partial charge in [0.05, 0.1) is 28.8 Å². The Morgan fingerprint density at radius 1 is 1.27 bits per heavy atom. The molecular formula is C19H17BrN2O3S. The van der Waals surface area contributed by atoms with Gasteiger partial charge in [-0.15, -0.1) is 0 Å². The minimum Gasteiger partial charge on any atom is -0.493 e. The number of carbonyl (C=O) groups excluding carboxylic acids is 1. The van der Waals surface area contributed by atoms with E-state index in [9.17, 15) is 4.79 Å². The number of aliphatic imine (C=N–C) groups is 1. The molecule has 1 fully saturated rings. The van der Waals surface area contributed by atoms with Crippen LogP contribution in [0, 0.1) is 0 Å². The molecule has 1 heterocycles. The molecule has 2 aromatic carbocycles. The molecule has 0 spiro atoms. The van der Waals surface area contributed by atoms with E-state index in [-0.39, 0.29) is 5.91 Å². The van der Waals surface area contributed by atoms with Crippen LogP contribution in [-0.2, 0) is 4.79 Å². The highest BCUT2D eigenvalue weighted by Gasteiger charge is 2.24. The summed E-state index contributed by atoms with van der Waals surface area (Å²) in [7, 11) is 1.59. The average Bonchev–Trinajstić information content (AvgIpc) is 2.97. The molecule has 0 atom stereocenters. The highest BCUT2D eigenvalue weighted by molar-refractivity contribution is 9.10. The van der Waals surface area contributed by atoms with Crippen LogP contribution < -0.4 is 14.8 Å². The van der Waals surface area contributed by atoms with Gasteiger partial charge in [-0.3, -0.25) is 4.79 Å². The van der Waals surface area contributed by atoms with Gasteiger partial charge in [-0.2, -0.15) is 0 Å². The van der Waals surface area contributed by atoms with Crippen molar-refractivity contribution in [3.05, 3.63) is 57.4 Å². The summed E-state index contributed by atoms with van der Waals surface area (Å²) in [4.78, 5) is 17.2. The number of amidine groups is 1. The molecule has 134 valence electrons. The SMILES string of the molecule is CCOc1c(Br)cc(C=C2SC(=Nc3ccccc3)NC2=O)cc1OC. The van der Waals surface area contributed by atoms with Crippen LogP contribution in [-0.4, -0.2) is 24.8 Å². The minimum absolute atomic E-state index is 0.173. The molecule has 5 nitrogen and oxygen atoms in total. The number of amides is 1. The lowest BCUT2D eigenvalue weighted by Gasteiger charge is -2.12. The molecule has 1 amide bonds. The summed E-state index contributed by atoms with van der Waals surface area (Å²) in [5.74, 6) is 1.08. The molecule has 0 aromatic heterocycles. The first kappa shape index (κ1) is 18.5. The van der Waals surface area contributed by atoms with Gasteiger partial charge in [0.2, 0.25) is 0 Å². The van der Waals surface area contributed by atoms with Crippen LogP contribution in [0.5, 0.6) is 11.5 Å². The standard InChI is InChI=1S/C19H17BrN2O3S/c1-3-25-17-14(20)9-12(10-15(17)24-2)11-16-18(23)22-19(26-16)21-13-7-5-4-6-8-13/h4-11H,3H2,1-2H3,(H,21,22,23). The van der Waals surface area contributed by atoms with E-state index in [1.54, 1.807) is 13.2 Å². The van der Waals surface area contributed by atoms with Crippen molar-refractivity contribution >= 4 is 50.5 Å². The highest BCUT2D eigenvalue weighted by atomic mass is 79.9. The van der Waals surface area contributed by atoms with E-state index in [1.807, 2.05) is 49.4 Å². The van der Waals surface area contributed by atoms with E-state index < -0.39 is 0 Å². The second-order valence-electron chi connectivity index (χ2n) is 5.28. The Morgan fingerprint density at radius 2 is 2.04 bits per heavy atom. The Labute approximate surface area is 164 Å². The Kier molecular flexibility index (Phi) is 6.00. The van der Waals surface area contributed by atoms with E-state index in [2.05, 4.69) is 26.2 Å². The topological polar surface area (TPSA) is 59.9 Å². The van der Waals surface area contributed by atoms with Crippen LogP contribution in [0.1, 0.15) is 12.5 Å². The molecule has 1 saturated heterocycles. The Hall–Kier alpha value is -2.25. The summed E-state index contributed by atoms with van der Waals surface area (Å²) >= 11 is 4.80. The number of thioether (sulfide) groups is 1. The predicted molar refractivity (Wildman–Crippen MR) is 109 cm³/mol. The molecule has 0 radical (unpaired) electrons. The fraction of sp³-hybridized carbons (Fsp3) is 0.158. The normalized spacial score (nSPS) is 16.8. The number of hydrogen-bond donors (Lipinski definition) is 1. The molecule has 0 bridgehead atoms.